The Balaban J connectivity index is 2.03. The molecular weight excluding hydrogens is 357 g/mol. The van der Waals surface area contributed by atoms with Gasteiger partial charge < -0.3 is 24.3 Å². The number of hydrogen-bond donors (Lipinski definition) is 1. The summed E-state index contributed by atoms with van der Waals surface area (Å²) in [6.07, 6.45) is -1.10. The number of amides is 1. The minimum absolute atomic E-state index is 0.00537. The van der Waals surface area contributed by atoms with E-state index >= 15 is 0 Å². The second kappa shape index (κ2) is 8.88. The van der Waals surface area contributed by atoms with Crippen LogP contribution < -0.4 is 19.5 Å². The highest BCUT2D eigenvalue weighted by Gasteiger charge is 2.20. The number of halogens is 1. The summed E-state index contributed by atoms with van der Waals surface area (Å²) in [6, 6.07) is 8.46. The first-order valence-corrected chi connectivity index (χ1v) is 7.97. The SMILES string of the molecule is COc1ccc(C(=O)O[C@H](C)C(=O)Nc2ccc(OC)c(OC)c2)cc1F. The largest absolute Gasteiger partial charge is 0.494 e. The van der Waals surface area contributed by atoms with Crippen molar-refractivity contribution < 1.29 is 32.9 Å². The summed E-state index contributed by atoms with van der Waals surface area (Å²) in [7, 11) is 4.29. The van der Waals surface area contributed by atoms with Gasteiger partial charge in [0.1, 0.15) is 0 Å². The molecule has 2 rings (SSSR count). The fraction of sp³-hybridized carbons (Fsp3) is 0.263. The number of anilines is 1. The molecule has 2 aromatic carbocycles. The van der Waals surface area contributed by atoms with Crippen molar-refractivity contribution in [1.29, 1.82) is 0 Å². The average molecular weight is 377 g/mol. The zero-order valence-electron chi connectivity index (χ0n) is 15.4. The predicted octanol–water partition coefficient (Wildman–Crippen LogP) is 3.04. The molecule has 0 spiro atoms. The minimum Gasteiger partial charge on any atom is -0.494 e. The normalized spacial score (nSPS) is 11.3. The van der Waals surface area contributed by atoms with Gasteiger partial charge in [-0.15, -0.1) is 0 Å². The molecule has 0 saturated carbocycles. The van der Waals surface area contributed by atoms with Gasteiger partial charge in [0.25, 0.3) is 5.91 Å². The number of methoxy groups -OCH3 is 3. The maximum absolute atomic E-state index is 13.7. The van der Waals surface area contributed by atoms with Crippen molar-refractivity contribution in [3.05, 3.63) is 47.8 Å². The Morgan fingerprint density at radius 3 is 2.15 bits per heavy atom. The summed E-state index contributed by atoms with van der Waals surface area (Å²) in [5, 5.41) is 2.61. The number of carbonyl (C=O) groups is 2. The lowest BCUT2D eigenvalue weighted by Gasteiger charge is -2.15. The Bertz CT molecular complexity index is 839. The summed E-state index contributed by atoms with van der Waals surface area (Å²) < 4.78 is 33.9. The molecule has 8 heteroatoms. The monoisotopic (exact) mass is 377 g/mol. The first kappa shape index (κ1) is 20.0. The Hall–Kier alpha value is -3.29. The number of esters is 1. The Morgan fingerprint density at radius 2 is 1.56 bits per heavy atom. The van der Waals surface area contributed by atoms with Gasteiger partial charge in [0.15, 0.2) is 29.2 Å². The van der Waals surface area contributed by atoms with Crippen molar-refractivity contribution in [2.24, 2.45) is 0 Å². The van der Waals surface area contributed by atoms with E-state index in [1.165, 1.54) is 40.4 Å². The summed E-state index contributed by atoms with van der Waals surface area (Å²) >= 11 is 0. The van der Waals surface area contributed by atoms with Gasteiger partial charge in [-0.3, -0.25) is 4.79 Å². The predicted molar refractivity (Wildman–Crippen MR) is 96.0 cm³/mol. The fourth-order valence-corrected chi connectivity index (χ4v) is 2.23. The topological polar surface area (TPSA) is 83.1 Å². The Labute approximate surface area is 156 Å². The van der Waals surface area contributed by atoms with E-state index in [1.807, 2.05) is 0 Å². The molecule has 0 radical (unpaired) electrons. The van der Waals surface area contributed by atoms with E-state index in [0.29, 0.717) is 17.2 Å². The minimum atomic E-state index is -1.10. The summed E-state index contributed by atoms with van der Waals surface area (Å²) in [4.78, 5) is 24.3. The van der Waals surface area contributed by atoms with E-state index in [0.717, 1.165) is 6.07 Å². The van der Waals surface area contributed by atoms with Crippen LogP contribution in [0.25, 0.3) is 0 Å². The second-order valence-corrected chi connectivity index (χ2v) is 5.46. The molecule has 0 saturated heterocycles. The van der Waals surface area contributed by atoms with Gasteiger partial charge in [0.2, 0.25) is 0 Å². The highest BCUT2D eigenvalue weighted by Crippen LogP contribution is 2.29. The number of benzene rings is 2. The van der Waals surface area contributed by atoms with Gasteiger partial charge in [-0.05, 0) is 37.3 Å². The van der Waals surface area contributed by atoms with E-state index < -0.39 is 23.8 Å². The number of carbonyl (C=O) groups excluding carboxylic acids is 2. The van der Waals surface area contributed by atoms with Crippen molar-refractivity contribution in [3.63, 3.8) is 0 Å². The highest BCUT2D eigenvalue weighted by atomic mass is 19.1. The molecule has 144 valence electrons. The van der Waals surface area contributed by atoms with Gasteiger partial charge in [0.05, 0.1) is 26.9 Å². The lowest BCUT2D eigenvalue weighted by Crippen LogP contribution is -2.30. The number of ether oxygens (including phenoxy) is 4. The quantitative estimate of drug-likeness (QED) is 0.747. The molecule has 0 fully saturated rings. The fourth-order valence-electron chi connectivity index (χ4n) is 2.23. The van der Waals surface area contributed by atoms with Gasteiger partial charge in [0, 0.05) is 11.8 Å². The van der Waals surface area contributed by atoms with Crippen LogP contribution in [0, 0.1) is 5.82 Å². The summed E-state index contributed by atoms with van der Waals surface area (Å²) in [5.41, 5.74) is 0.412. The molecule has 0 aliphatic heterocycles. The Morgan fingerprint density at radius 1 is 0.926 bits per heavy atom. The number of hydrogen-bond acceptors (Lipinski definition) is 6. The molecule has 1 amide bonds. The third-order valence-electron chi connectivity index (χ3n) is 3.69. The van der Waals surface area contributed by atoms with E-state index in [4.69, 9.17) is 18.9 Å². The van der Waals surface area contributed by atoms with E-state index in [9.17, 15) is 14.0 Å². The van der Waals surface area contributed by atoms with Gasteiger partial charge in [-0.25, -0.2) is 9.18 Å². The van der Waals surface area contributed by atoms with Gasteiger partial charge in [-0.2, -0.15) is 0 Å². The third kappa shape index (κ3) is 4.87. The second-order valence-electron chi connectivity index (χ2n) is 5.46. The lowest BCUT2D eigenvalue weighted by atomic mass is 10.2. The number of nitrogens with one attached hydrogen (secondary N) is 1. The molecule has 0 unspecified atom stereocenters. The summed E-state index contributed by atoms with van der Waals surface area (Å²) in [5.74, 6) is -1.12. The maximum Gasteiger partial charge on any atom is 0.339 e. The average Bonchev–Trinajstić information content (AvgIpc) is 2.67. The molecule has 0 heterocycles. The van der Waals surface area contributed by atoms with E-state index in [2.05, 4.69) is 5.32 Å². The van der Waals surface area contributed by atoms with Crippen LogP contribution in [0.3, 0.4) is 0 Å². The van der Waals surface area contributed by atoms with Crippen LogP contribution in [-0.4, -0.2) is 39.3 Å². The molecule has 2 aromatic rings. The van der Waals surface area contributed by atoms with Crippen LogP contribution in [0.2, 0.25) is 0 Å². The Kier molecular flexibility index (Phi) is 6.59. The van der Waals surface area contributed by atoms with Crippen LogP contribution in [-0.2, 0) is 9.53 Å². The van der Waals surface area contributed by atoms with Crippen LogP contribution in [0.5, 0.6) is 17.2 Å². The summed E-state index contributed by atoms with van der Waals surface area (Å²) in [6.45, 7) is 1.41. The molecule has 0 bridgehead atoms. The first-order chi connectivity index (χ1) is 12.9. The standard InChI is InChI=1S/C19H20FNO6/c1-11(27-19(23)12-5-7-15(24-2)14(20)9-12)18(22)21-13-6-8-16(25-3)17(10-13)26-4/h5-11H,1-4H3,(H,21,22)/t11-/m1/s1. The highest BCUT2D eigenvalue weighted by molar-refractivity contribution is 5.97. The smallest absolute Gasteiger partial charge is 0.339 e. The van der Waals surface area contributed by atoms with Crippen LogP contribution in [0.1, 0.15) is 17.3 Å². The van der Waals surface area contributed by atoms with Crippen molar-refractivity contribution in [2.45, 2.75) is 13.0 Å². The molecule has 0 aliphatic rings. The first-order valence-electron chi connectivity index (χ1n) is 7.97. The lowest BCUT2D eigenvalue weighted by molar-refractivity contribution is -0.123. The van der Waals surface area contributed by atoms with Crippen molar-refractivity contribution >= 4 is 17.6 Å². The maximum atomic E-state index is 13.7. The molecular formula is C19H20FNO6. The van der Waals surface area contributed by atoms with E-state index in [1.54, 1.807) is 18.2 Å². The van der Waals surface area contributed by atoms with Crippen LogP contribution in [0.4, 0.5) is 10.1 Å². The molecule has 0 aromatic heterocycles. The van der Waals surface area contributed by atoms with Crippen molar-refractivity contribution in [1.82, 2.24) is 0 Å². The van der Waals surface area contributed by atoms with Gasteiger partial charge >= 0.3 is 5.97 Å². The van der Waals surface area contributed by atoms with Crippen LogP contribution in [0.15, 0.2) is 36.4 Å². The van der Waals surface area contributed by atoms with E-state index in [-0.39, 0.29) is 11.3 Å². The molecule has 1 atom stereocenters. The molecule has 0 aliphatic carbocycles. The molecule has 27 heavy (non-hydrogen) atoms. The molecule has 1 N–H and O–H groups in total. The number of rotatable bonds is 7. The third-order valence-corrected chi connectivity index (χ3v) is 3.69. The van der Waals surface area contributed by atoms with Crippen molar-refractivity contribution in [2.75, 3.05) is 26.6 Å². The van der Waals surface area contributed by atoms with Crippen LogP contribution >= 0.6 is 0 Å². The zero-order valence-corrected chi connectivity index (χ0v) is 15.4. The molecule has 7 nitrogen and oxygen atoms in total. The van der Waals surface area contributed by atoms with Gasteiger partial charge in [-0.1, -0.05) is 0 Å². The van der Waals surface area contributed by atoms with Crippen molar-refractivity contribution in [3.8, 4) is 17.2 Å². The zero-order chi connectivity index (χ0) is 20.0.